The highest BCUT2D eigenvalue weighted by molar-refractivity contribution is 7.19. The molecule has 160 valence electrons. The van der Waals surface area contributed by atoms with Gasteiger partial charge in [-0.1, -0.05) is 36.3 Å². The zero-order valence-corrected chi connectivity index (χ0v) is 18.4. The molecule has 0 aromatic carbocycles. The second-order valence-electron chi connectivity index (χ2n) is 8.19. The Morgan fingerprint density at radius 1 is 1.13 bits per heavy atom. The predicted molar refractivity (Wildman–Crippen MR) is 122 cm³/mol. The molecule has 1 saturated carbocycles. The van der Waals surface area contributed by atoms with Gasteiger partial charge in [0.2, 0.25) is 10.3 Å². The van der Waals surface area contributed by atoms with E-state index in [1.165, 1.54) is 35.3 Å². The average molecular weight is 427 g/mol. The Hall–Kier alpha value is -2.41. The molecule has 3 aliphatic rings. The van der Waals surface area contributed by atoms with E-state index in [2.05, 4.69) is 61.5 Å². The van der Waals surface area contributed by atoms with E-state index in [4.69, 9.17) is 0 Å². The summed E-state index contributed by atoms with van der Waals surface area (Å²) in [5, 5.41) is 15.8. The fraction of sp³-hybridized carbons (Fsp3) is 0.545. The molecule has 2 heterocycles. The lowest BCUT2D eigenvalue weighted by atomic mass is 10.2. The normalized spacial score (nSPS) is 20.5. The molecule has 1 aromatic rings. The molecule has 8 heteroatoms. The summed E-state index contributed by atoms with van der Waals surface area (Å²) < 4.78 is 0. The summed E-state index contributed by atoms with van der Waals surface area (Å²) in [5.41, 5.74) is 5.76. The van der Waals surface area contributed by atoms with E-state index in [0.717, 1.165) is 57.1 Å². The average Bonchev–Trinajstić information content (AvgIpc) is 3.29. The highest BCUT2D eigenvalue weighted by Crippen LogP contribution is 2.25. The van der Waals surface area contributed by atoms with Crippen LogP contribution in [-0.4, -0.2) is 59.9 Å². The summed E-state index contributed by atoms with van der Waals surface area (Å²) in [5.74, 6) is 0. The summed E-state index contributed by atoms with van der Waals surface area (Å²) >= 11 is 1.45. The Bertz CT molecular complexity index is 876. The van der Waals surface area contributed by atoms with Gasteiger partial charge in [0.25, 0.3) is 0 Å². The minimum atomic E-state index is -0.172. The smallest absolute Gasteiger partial charge is 0.321 e. The first-order chi connectivity index (χ1) is 14.7. The maximum absolute atomic E-state index is 12.2. The molecular weight excluding hydrogens is 396 g/mol. The molecular formula is C22H30N6OS. The van der Waals surface area contributed by atoms with E-state index in [0.29, 0.717) is 11.2 Å². The number of aromatic nitrogens is 2. The van der Waals surface area contributed by atoms with Crippen LogP contribution in [0.4, 0.5) is 15.1 Å². The Morgan fingerprint density at radius 2 is 2.00 bits per heavy atom. The number of rotatable bonds is 5. The number of hydrogen-bond donors (Lipinski definition) is 2. The molecule has 2 aliphatic carbocycles. The van der Waals surface area contributed by atoms with Gasteiger partial charge in [-0.15, -0.1) is 15.9 Å². The fourth-order valence-corrected chi connectivity index (χ4v) is 4.87. The lowest BCUT2D eigenvalue weighted by molar-refractivity contribution is 0.248. The number of amides is 2. The molecule has 2 N–H and O–H groups in total. The molecule has 30 heavy (non-hydrogen) atoms. The van der Waals surface area contributed by atoms with Crippen molar-refractivity contribution in [3.8, 4) is 0 Å². The number of anilines is 2. The van der Waals surface area contributed by atoms with Gasteiger partial charge in [-0.25, -0.2) is 4.79 Å². The molecule has 2 fully saturated rings. The monoisotopic (exact) mass is 426 g/mol. The number of hydrogen-bond acceptors (Lipinski definition) is 6. The maximum atomic E-state index is 12.2. The molecule has 0 bridgehead atoms. The van der Waals surface area contributed by atoms with Crippen LogP contribution in [-0.2, 0) is 0 Å². The molecule has 0 spiro atoms. The molecule has 0 unspecified atom stereocenters. The number of carbonyl (C=O) groups is 1. The van der Waals surface area contributed by atoms with Crippen LogP contribution in [0.3, 0.4) is 0 Å². The van der Waals surface area contributed by atoms with Gasteiger partial charge in [-0.2, -0.15) is 0 Å². The number of nitrogens with zero attached hydrogens (tertiary/aromatic N) is 4. The van der Waals surface area contributed by atoms with Crippen molar-refractivity contribution in [2.75, 3.05) is 42.9 Å². The molecule has 0 radical (unpaired) electrons. The van der Waals surface area contributed by atoms with Crippen molar-refractivity contribution in [3.63, 3.8) is 0 Å². The third-order valence-electron chi connectivity index (χ3n) is 5.73. The quantitative estimate of drug-likeness (QED) is 0.702. The second-order valence-corrected chi connectivity index (χ2v) is 9.15. The third-order valence-corrected chi connectivity index (χ3v) is 6.63. The van der Waals surface area contributed by atoms with Crippen LogP contribution in [0, 0.1) is 0 Å². The summed E-state index contributed by atoms with van der Waals surface area (Å²) in [4.78, 5) is 16.9. The lowest BCUT2D eigenvalue weighted by Gasteiger charge is -2.21. The van der Waals surface area contributed by atoms with E-state index < -0.39 is 0 Å². The van der Waals surface area contributed by atoms with Crippen molar-refractivity contribution in [2.45, 2.75) is 45.1 Å². The molecule has 1 aliphatic heterocycles. The minimum absolute atomic E-state index is 0.172. The first-order valence-corrected chi connectivity index (χ1v) is 11.7. The highest BCUT2D eigenvalue weighted by Gasteiger charge is 2.21. The van der Waals surface area contributed by atoms with E-state index in [9.17, 15) is 4.79 Å². The van der Waals surface area contributed by atoms with Gasteiger partial charge in [0.1, 0.15) is 0 Å². The van der Waals surface area contributed by atoms with Gasteiger partial charge in [0.15, 0.2) is 0 Å². The van der Waals surface area contributed by atoms with Crippen LogP contribution in [0.5, 0.6) is 0 Å². The van der Waals surface area contributed by atoms with Crippen LogP contribution < -0.4 is 15.5 Å². The molecule has 1 saturated heterocycles. The first kappa shape index (κ1) is 20.8. The van der Waals surface area contributed by atoms with Gasteiger partial charge in [-0.3, -0.25) is 10.2 Å². The molecule has 4 rings (SSSR count). The van der Waals surface area contributed by atoms with Gasteiger partial charge >= 0.3 is 6.03 Å². The third kappa shape index (κ3) is 5.81. The van der Waals surface area contributed by atoms with Crippen LogP contribution in [0.2, 0.25) is 0 Å². The van der Waals surface area contributed by atoms with Gasteiger partial charge in [0, 0.05) is 38.8 Å². The maximum Gasteiger partial charge on any atom is 0.321 e. The van der Waals surface area contributed by atoms with E-state index in [1.54, 1.807) is 0 Å². The number of urea groups is 1. The van der Waals surface area contributed by atoms with Crippen LogP contribution in [0.25, 0.3) is 0 Å². The first-order valence-electron chi connectivity index (χ1n) is 10.8. The van der Waals surface area contributed by atoms with Crippen molar-refractivity contribution in [2.24, 2.45) is 0 Å². The summed E-state index contributed by atoms with van der Waals surface area (Å²) in [6, 6.07) is 0.122. The molecule has 7 nitrogen and oxygen atoms in total. The SMILES string of the molecule is CC1=CC=C(CN2CCCN(c3nnc(NC(=O)NC4CCCC4)s3)CC2)C=C=C1. The Kier molecular flexibility index (Phi) is 7.00. The van der Waals surface area contributed by atoms with E-state index >= 15 is 0 Å². The number of carbonyl (C=O) groups excluding carboxylic acids is 1. The number of allylic oxidation sites excluding steroid dienone is 3. The Labute approximate surface area is 182 Å². The Balaban J connectivity index is 1.28. The fourth-order valence-electron chi connectivity index (χ4n) is 4.07. The lowest BCUT2D eigenvalue weighted by Crippen LogP contribution is -2.36. The van der Waals surface area contributed by atoms with E-state index in [-0.39, 0.29) is 6.03 Å². The summed E-state index contributed by atoms with van der Waals surface area (Å²) in [6.07, 6.45) is 14.0. The standard InChI is InChI=1S/C22H30N6OS/c1-17-6-4-7-18(11-10-17)16-27-12-5-13-28(15-14-27)22-26-25-21(30-22)24-20(29)23-19-8-2-3-9-19/h6-7,10-11,19H,2-3,5,8-9,12-16H2,1H3,(H2,23,24,25,29). The van der Waals surface area contributed by atoms with Crippen molar-refractivity contribution >= 4 is 27.6 Å². The zero-order chi connectivity index (χ0) is 20.8. The van der Waals surface area contributed by atoms with Crippen molar-refractivity contribution in [1.29, 1.82) is 0 Å². The molecule has 1 aromatic heterocycles. The van der Waals surface area contributed by atoms with Gasteiger partial charge < -0.3 is 10.2 Å². The van der Waals surface area contributed by atoms with Crippen molar-refractivity contribution in [1.82, 2.24) is 20.4 Å². The summed E-state index contributed by atoms with van der Waals surface area (Å²) in [6.45, 7) is 6.91. The van der Waals surface area contributed by atoms with Gasteiger partial charge in [0.05, 0.1) is 0 Å². The Morgan fingerprint density at radius 3 is 2.87 bits per heavy atom. The second kappa shape index (κ2) is 10.1. The topological polar surface area (TPSA) is 73.4 Å². The van der Waals surface area contributed by atoms with Crippen LogP contribution >= 0.6 is 11.3 Å². The van der Waals surface area contributed by atoms with Crippen LogP contribution in [0.1, 0.15) is 39.0 Å². The van der Waals surface area contributed by atoms with Crippen molar-refractivity contribution in [3.05, 3.63) is 41.2 Å². The van der Waals surface area contributed by atoms with Gasteiger partial charge in [-0.05, 0) is 49.5 Å². The van der Waals surface area contributed by atoms with Crippen molar-refractivity contribution < 1.29 is 4.79 Å². The number of nitrogens with one attached hydrogen (secondary N) is 2. The molecule has 2 amide bonds. The largest absolute Gasteiger partial charge is 0.345 e. The minimum Gasteiger partial charge on any atom is -0.345 e. The highest BCUT2D eigenvalue weighted by atomic mass is 32.1. The van der Waals surface area contributed by atoms with E-state index in [1.807, 2.05) is 6.08 Å². The summed E-state index contributed by atoms with van der Waals surface area (Å²) in [7, 11) is 0. The van der Waals surface area contributed by atoms with Crippen LogP contribution in [0.15, 0.2) is 41.2 Å². The molecule has 0 atom stereocenters. The predicted octanol–water partition coefficient (Wildman–Crippen LogP) is 3.71. The zero-order valence-electron chi connectivity index (χ0n) is 17.6.